The van der Waals surface area contributed by atoms with Gasteiger partial charge in [-0.2, -0.15) is 0 Å². The molecule has 1 aromatic heterocycles. The van der Waals surface area contributed by atoms with Gasteiger partial charge >= 0.3 is 0 Å². The molecule has 1 N–H and O–H groups in total. The first-order valence-electron chi connectivity index (χ1n) is 6.84. The average molecular weight is 343 g/mol. The summed E-state index contributed by atoms with van der Waals surface area (Å²) in [5.41, 5.74) is -0.224. The molecule has 0 radical (unpaired) electrons. The zero-order chi connectivity index (χ0) is 16.0. The predicted octanol–water partition coefficient (Wildman–Crippen LogP) is 3.28. The van der Waals surface area contributed by atoms with Gasteiger partial charge in [-0.25, -0.2) is 21.9 Å². The van der Waals surface area contributed by atoms with Crippen molar-refractivity contribution in [2.45, 2.75) is 23.0 Å². The number of hydrogen-bond donors (Lipinski definition) is 1. The number of rotatable bonds is 5. The van der Waals surface area contributed by atoms with E-state index in [0.717, 1.165) is 17.4 Å². The third kappa shape index (κ3) is 2.68. The molecule has 0 amide bonds. The standard InChI is InChI=1S/C15H15F2NO2S2/c1-10-8-15(10,12-5-4-11(16)7-13(12)17)9-18-22(19,20)14-3-2-6-21-14/h2-7,10,18H,8-9H2,1H3. The van der Waals surface area contributed by atoms with Crippen LogP contribution in [0.4, 0.5) is 8.78 Å². The highest BCUT2D eigenvalue weighted by Gasteiger charge is 2.53. The van der Waals surface area contributed by atoms with Crippen LogP contribution in [-0.4, -0.2) is 15.0 Å². The maximum atomic E-state index is 14.0. The van der Waals surface area contributed by atoms with Gasteiger partial charge in [-0.1, -0.05) is 19.1 Å². The van der Waals surface area contributed by atoms with Gasteiger partial charge in [0.25, 0.3) is 0 Å². The lowest BCUT2D eigenvalue weighted by atomic mass is 9.93. The summed E-state index contributed by atoms with van der Waals surface area (Å²) in [7, 11) is -3.59. The monoisotopic (exact) mass is 343 g/mol. The summed E-state index contributed by atoms with van der Waals surface area (Å²) in [5.74, 6) is -1.12. The van der Waals surface area contributed by atoms with Crippen molar-refractivity contribution in [2.75, 3.05) is 6.54 Å². The Balaban J connectivity index is 1.84. The molecule has 22 heavy (non-hydrogen) atoms. The summed E-state index contributed by atoms with van der Waals surface area (Å²) in [4.78, 5) is 0. The molecule has 1 saturated carbocycles. The average Bonchev–Trinajstić information content (AvgIpc) is 2.90. The minimum atomic E-state index is -3.59. The van der Waals surface area contributed by atoms with Crippen molar-refractivity contribution in [2.24, 2.45) is 5.92 Å². The van der Waals surface area contributed by atoms with Gasteiger partial charge in [0, 0.05) is 18.0 Å². The zero-order valence-electron chi connectivity index (χ0n) is 11.8. The van der Waals surface area contributed by atoms with Gasteiger partial charge in [0.1, 0.15) is 15.8 Å². The highest BCUT2D eigenvalue weighted by Crippen LogP contribution is 2.54. The number of halogens is 2. The van der Waals surface area contributed by atoms with Crippen LogP contribution < -0.4 is 4.72 Å². The Bertz CT molecular complexity index is 790. The van der Waals surface area contributed by atoms with E-state index in [0.29, 0.717) is 12.0 Å². The Morgan fingerprint density at radius 3 is 2.64 bits per heavy atom. The summed E-state index contributed by atoms with van der Waals surface area (Å²) < 4.78 is 54.3. The Morgan fingerprint density at radius 1 is 1.36 bits per heavy atom. The molecule has 2 aromatic rings. The van der Waals surface area contributed by atoms with Crippen LogP contribution in [0, 0.1) is 17.6 Å². The van der Waals surface area contributed by atoms with Crippen LogP contribution in [0.5, 0.6) is 0 Å². The minimum Gasteiger partial charge on any atom is -0.210 e. The van der Waals surface area contributed by atoms with Crippen molar-refractivity contribution in [1.29, 1.82) is 0 Å². The molecule has 0 aliphatic heterocycles. The molecule has 3 rings (SSSR count). The SMILES string of the molecule is CC1CC1(CNS(=O)(=O)c1cccs1)c1ccc(F)cc1F. The molecule has 0 bridgehead atoms. The first kappa shape index (κ1) is 15.6. The van der Waals surface area contributed by atoms with E-state index in [9.17, 15) is 17.2 Å². The van der Waals surface area contributed by atoms with Crippen molar-refractivity contribution in [1.82, 2.24) is 4.72 Å². The normalized spacial score (nSPS) is 24.4. The molecular formula is C15H15F2NO2S2. The quantitative estimate of drug-likeness (QED) is 0.906. The molecule has 0 saturated heterocycles. The largest absolute Gasteiger partial charge is 0.250 e. The fourth-order valence-corrected chi connectivity index (χ4v) is 4.96. The predicted molar refractivity (Wildman–Crippen MR) is 81.3 cm³/mol. The van der Waals surface area contributed by atoms with E-state index in [1.165, 1.54) is 18.2 Å². The fraction of sp³-hybridized carbons (Fsp3) is 0.333. The Kier molecular flexibility index (Phi) is 3.82. The topological polar surface area (TPSA) is 46.2 Å². The Hall–Kier alpha value is -1.31. The second-order valence-electron chi connectivity index (χ2n) is 5.64. The van der Waals surface area contributed by atoms with Gasteiger partial charge in [-0.15, -0.1) is 11.3 Å². The van der Waals surface area contributed by atoms with Gasteiger partial charge in [-0.05, 0) is 35.4 Å². The van der Waals surface area contributed by atoms with Crippen molar-refractivity contribution in [3.05, 3.63) is 52.9 Å². The highest BCUT2D eigenvalue weighted by molar-refractivity contribution is 7.91. The summed E-state index contributed by atoms with van der Waals surface area (Å²) >= 11 is 1.13. The van der Waals surface area contributed by atoms with Crippen LogP contribution in [0.2, 0.25) is 0 Å². The van der Waals surface area contributed by atoms with Crippen LogP contribution in [0.15, 0.2) is 39.9 Å². The second kappa shape index (κ2) is 5.40. The van der Waals surface area contributed by atoms with E-state index in [4.69, 9.17) is 0 Å². The number of nitrogens with one attached hydrogen (secondary N) is 1. The van der Waals surface area contributed by atoms with Crippen LogP contribution >= 0.6 is 11.3 Å². The lowest BCUT2D eigenvalue weighted by molar-refractivity contribution is 0.518. The molecule has 0 spiro atoms. The summed E-state index contributed by atoms with van der Waals surface area (Å²) in [5, 5.41) is 1.68. The molecule has 1 heterocycles. The molecule has 7 heteroatoms. The van der Waals surface area contributed by atoms with Gasteiger partial charge in [-0.3, -0.25) is 0 Å². The Labute approximate surface area is 132 Å². The Morgan fingerprint density at radius 2 is 2.09 bits per heavy atom. The van der Waals surface area contributed by atoms with Crippen molar-refractivity contribution in [3.63, 3.8) is 0 Å². The maximum absolute atomic E-state index is 14.0. The van der Waals surface area contributed by atoms with Crippen LogP contribution in [0.3, 0.4) is 0 Å². The van der Waals surface area contributed by atoms with Gasteiger partial charge in [0.2, 0.25) is 10.0 Å². The molecule has 1 aliphatic rings. The lowest BCUT2D eigenvalue weighted by Crippen LogP contribution is -2.33. The van der Waals surface area contributed by atoms with Crippen molar-refractivity contribution < 1.29 is 17.2 Å². The summed E-state index contributed by atoms with van der Waals surface area (Å²) in [6, 6.07) is 6.64. The maximum Gasteiger partial charge on any atom is 0.250 e. The molecule has 118 valence electrons. The van der Waals surface area contributed by atoms with Crippen LogP contribution in [0.25, 0.3) is 0 Å². The third-order valence-electron chi connectivity index (χ3n) is 4.26. The van der Waals surface area contributed by atoms with E-state index in [-0.39, 0.29) is 16.7 Å². The van der Waals surface area contributed by atoms with E-state index in [1.54, 1.807) is 11.4 Å². The van der Waals surface area contributed by atoms with E-state index in [2.05, 4.69) is 4.72 Å². The highest BCUT2D eigenvalue weighted by atomic mass is 32.2. The molecule has 1 aromatic carbocycles. The smallest absolute Gasteiger partial charge is 0.210 e. The molecule has 2 unspecified atom stereocenters. The summed E-state index contributed by atoms with van der Waals surface area (Å²) in [6.45, 7) is 2.04. The molecule has 1 fully saturated rings. The van der Waals surface area contributed by atoms with E-state index in [1.807, 2.05) is 6.92 Å². The number of sulfonamides is 1. The van der Waals surface area contributed by atoms with Crippen molar-refractivity contribution >= 4 is 21.4 Å². The lowest BCUT2D eigenvalue weighted by Gasteiger charge is -2.18. The van der Waals surface area contributed by atoms with Gasteiger partial charge in [0.15, 0.2) is 0 Å². The van der Waals surface area contributed by atoms with Gasteiger partial charge < -0.3 is 0 Å². The van der Waals surface area contributed by atoms with Crippen LogP contribution in [0.1, 0.15) is 18.9 Å². The zero-order valence-corrected chi connectivity index (χ0v) is 13.5. The number of thiophene rings is 1. The minimum absolute atomic E-state index is 0.108. The molecular weight excluding hydrogens is 328 g/mol. The molecule has 3 nitrogen and oxygen atoms in total. The molecule has 2 atom stereocenters. The molecule has 1 aliphatic carbocycles. The first-order chi connectivity index (χ1) is 10.3. The number of hydrogen-bond acceptors (Lipinski definition) is 3. The summed E-state index contributed by atoms with van der Waals surface area (Å²) in [6.07, 6.45) is 0.669. The van der Waals surface area contributed by atoms with Crippen LogP contribution in [-0.2, 0) is 15.4 Å². The third-order valence-corrected chi connectivity index (χ3v) is 7.06. The fourth-order valence-electron chi connectivity index (χ4n) is 2.81. The second-order valence-corrected chi connectivity index (χ2v) is 8.58. The first-order valence-corrected chi connectivity index (χ1v) is 9.20. The number of benzene rings is 1. The van der Waals surface area contributed by atoms with Gasteiger partial charge in [0.05, 0.1) is 0 Å². The van der Waals surface area contributed by atoms with E-state index < -0.39 is 27.1 Å². The van der Waals surface area contributed by atoms with Crippen molar-refractivity contribution in [3.8, 4) is 0 Å². The van der Waals surface area contributed by atoms with E-state index >= 15 is 0 Å².